The molecule has 0 aliphatic rings. The fourth-order valence-electron chi connectivity index (χ4n) is 9.53. The minimum absolute atomic E-state index is 0.615. The normalized spacial score (nSPS) is 11.6. The molecular formula is C62H108O6S. The Labute approximate surface area is 429 Å². The molecular weight excluding hydrogens is 873 g/mol. The second-order valence-corrected chi connectivity index (χ2v) is 21.5. The lowest BCUT2D eigenvalue weighted by atomic mass is 10.0. The van der Waals surface area contributed by atoms with Crippen molar-refractivity contribution in [2.45, 2.75) is 287 Å². The molecule has 3 rings (SSSR count). The Hall–Kier alpha value is -2.54. The molecule has 398 valence electrons. The van der Waals surface area contributed by atoms with Crippen molar-refractivity contribution in [3.05, 3.63) is 11.1 Å². The van der Waals surface area contributed by atoms with Crippen LogP contribution in [0.25, 0.3) is 20.2 Å². The average molecular weight is 982 g/mol. The Morgan fingerprint density at radius 1 is 0.232 bits per heavy atom. The van der Waals surface area contributed by atoms with Crippen LogP contribution in [0.5, 0.6) is 34.5 Å². The molecule has 0 fully saturated rings. The molecule has 3 aromatic rings. The molecule has 1 heterocycles. The number of rotatable bonds is 48. The van der Waals surface area contributed by atoms with Gasteiger partial charge in [-0.15, -0.1) is 11.3 Å². The zero-order valence-corrected chi connectivity index (χ0v) is 47.4. The molecule has 0 saturated carbocycles. The first-order valence-electron chi connectivity index (χ1n) is 29.9. The predicted octanol–water partition coefficient (Wildman–Crippen LogP) is 21.1. The third-order valence-electron chi connectivity index (χ3n) is 14.1. The molecule has 7 heteroatoms. The van der Waals surface area contributed by atoms with E-state index in [1.165, 1.54) is 173 Å². The number of fused-ring (bicyclic) bond motifs is 3. The van der Waals surface area contributed by atoms with E-state index in [0.717, 1.165) is 124 Å². The van der Waals surface area contributed by atoms with E-state index in [0.29, 0.717) is 39.6 Å². The summed E-state index contributed by atoms with van der Waals surface area (Å²) < 4.78 is 44.8. The van der Waals surface area contributed by atoms with Crippen LogP contribution in [0, 0.1) is 13.8 Å². The van der Waals surface area contributed by atoms with Crippen LogP contribution in [0.4, 0.5) is 0 Å². The van der Waals surface area contributed by atoms with Gasteiger partial charge in [-0.1, -0.05) is 234 Å². The second-order valence-electron chi connectivity index (χ2n) is 20.4. The summed E-state index contributed by atoms with van der Waals surface area (Å²) in [5.74, 6) is 5.01. The first-order valence-corrected chi connectivity index (χ1v) is 30.7. The van der Waals surface area contributed by atoms with Gasteiger partial charge in [0, 0.05) is 0 Å². The summed E-state index contributed by atoms with van der Waals surface area (Å²) in [6.45, 7) is 22.1. The van der Waals surface area contributed by atoms with Gasteiger partial charge in [0.05, 0.1) is 59.8 Å². The summed E-state index contributed by atoms with van der Waals surface area (Å²) in [6.07, 6.45) is 43.6. The summed E-state index contributed by atoms with van der Waals surface area (Å²) in [7, 11) is 0. The third kappa shape index (κ3) is 22.8. The van der Waals surface area contributed by atoms with Crippen LogP contribution in [0.3, 0.4) is 0 Å². The standard InChI is InChI=1S/C62H108O6S/c1-9-15-21-27-33-39-45-63-55-51(7)52(8)56(64-46-40-34-28-22-16-10-2)61-53(55)54-57(65-47-41-35-29-23-17-11-3)58(66-48-42-36-30-24-18-12-4)59(67-49-43-37-31-25-19-13-5)60(62(54)69-61)68-50-44-38-32-26-20-14-6/h9-50H2,1-8H3. The molecule has 6 nitrogen and oxygen atoms in total. The van der Waals surface area contributed by atoms with Crippen molar-refractivity contribution in [2.75, 3.05) is 39.6 Å². The number of unbranched alkanes of at least 4 members (excludes halogenated alkanes) is 30. The maximum absolute atomic E-state index is 7.22. The highest BCUT2D eigenvalue weighted by Gasteiger charge is 2.32. The lowest BCUT2D eigenvalue weighted by molar-refractivity contribution is 0.222. The van der Waals surface area contributed by atoms with E-state index in [4.69, 9.17) is 28.4 Å². The summed E-state index contributed by atoms with van der Waals surface area (Å²) in [5.41, 5.74) is 2.32. The Morgan fingerprint density at radius 3 is 0.797 bits per heavy atom. The van der Waals surface area contributed by atoms with Crippen molar-refractivity contribution >= 4 is 31.5 Å². The summed E-state index contributed by atoms with van der Waals surface area (Å²) in [6, 6.07) is 0. The number of thiophene rings is 1. The smallest absolute Gasteiger partial charge is 0.209 e. The Morgan fingerprint density at radius 2 is 0.449 bits per heavy atom. The van der Waals surface area contributed by atoms with Gasteiger partial charge in [0.15, 0.2) is 11.5 Å². The molecule has 0 radical (unpaired) electrons. The third-order valence-corrected chi connectivity index (χ3v) is 15.3. The van der Waals surface area contributed by atoms with Crippen LogP contribution in [0.2, 0.25) is 0 Å². The molecule has 0 unspecified atom stereocenters. The molecule has 0 spiro atoms. The first kappa shape index (κ1) is 60.8. The highest BCUT2D eigenvalue weighted by Crippen LogP contribution is 2.60. The number of hydrogen-bond acceptors (Lipinski definition) is 7. The predicted molar refractivity (Wildman–Crippen MR) is 302 cm³/mol. The van der Waals surface area contributed by atoms with Gasteiger partial charge in [0.2, 0.25) is 11.5 Å². The second kappa shape index (κ2) is 40.0. The SMILES string of the molecule is CCCCCCCCOc1c(OCCCCCCCC)c(OCCCCCCCC)c2c(sc3c(OCCCCCCCC)c(C)c(C)c(OCCCCCCCC)c32)c1OCCCCCCCC. The van der Waals surface area contributed by atoms with E-state index in [1.807, 2.05) is 0 Å². The molecule has 69 heavy (non-hydrogen) atoms. The van der Waals surface area contributed by atoms with Crippen LogP contribution in [0.15, 0.2) is 0 Å². The average Bonchev–Trinajstić information content (AvgIpc) is 3.74. The molecule has 2 aromatic carbocycles. The van der Waals surface area contributed by atoms with E-state index in [9.17, 15) is 0 Å². The van der Waals surface area contributed by atoms with E-state index >= 15 is 0 Å². The van der Waals surface area contributed by atoms with E-state index in [-0.39, 0.29) is 0 Å². The first-order chi connectivity index (χ1) is 34.0. The molecule has 0 bridgehead atoms. The zero-order valence-electron chi connectivity index (χ0n) is 46.6. The van der Waals surface area contributed by atoms with Gasteiger partial charge in [-0.05, 0) is 63.5 Å². The van der Waals surface area contributed by atoms with Gasteiger partial charge < -0.3 is 28.4 Å². The minimum atomic E-state index is 0.615. The van der Waals surface area contributed by atoms with Crippen LogP contribution >= 0.6 is 11.3 Å². The van der Waals surface area contributed by atoms with E-state index < -0.39 is 0 Å². The minimum Gasteiger partial charge on any atom is -0.493 e. The Kier molecular flexibility index (Phi) is 35.2. The van der Waals surface area contributed by atoms with Crippen molar-refractivity contribution in [1.82, 2.24) is 0 Å². The molecule has 0 atom stereocenters. The zero-order chi connectivity index (χ0) is 49.6. The van der Waals surface area contributed by atoms with Crippen LogP contribution < -0.4 is 28.4 Å². The lowest BCUT2D eigenvalue weighted by Gasteiger charge is -2.22. The molecule has 0 saturated heterocycles. The van der Waals surface area contributed by atoms with Gasteiger partial charge in [-0.25, -0.2) is 0 Å². The highest BCUT2D eigenvalue weighted by atomic mass is 32.1. The molecule has 1 aromatic heterocycles. The highest BCUT2D eigenvalue weighted by molar-refractivity contribution is 7.26. The largest absolute Gasteiger partial charge is 0.493 e. The van der Waals surface area contributed by atoms with E-state index in [2.05, 4.69) is 55.4 Å². The van der Waals surface area contributed by atoms with Crippen molar-refractivity contribution in [3.63, 3.8) is 0 Å². The topological polar surface area (TPSA) is 55.4 Å². The number of ether oxygens (including phenoxy) is 6. The summed E-state index contributed by atoms with van der Waals surface area (Å²) in [5, 5.41) is 2.14. The van der Waals surface area contributed by atoms with Gasteiger partial charge >= 0.3 is 0 Å². The number of hydrogen-bond donors (Lipinski definition) is 0. The van der Waals surface area contributed by atoms with Crippen molar-refractivity contribution in [2.24, 2.45) is 0 Å². The lowest BCUT2D eigenvalue weighted by Crippen LogP contribution is -2.09. The van der Waals surface area contributed by atoms with Crippen LogP contribution in [0.1, 0.15) is 284 Å². The van der Waals surface area contributed by atoms with Crippen molar-refractivity contribution < 1.29 is 28.4 Å². The van der Waals surface area contributed by atoms with Gasteiger partial charge in [-0.2, -0.15) is 0 Å². The summed E-state index contributed by atoms with van der Waals surface area (Å²) in [4.78, 5) is 0. The maximum atomic E-state index is 7.22. The van der Waals surface area contributed by atoms with Gasteiger partial charge in [0.1, 0.15) is 11.5 Å². The molecule has 0 aliphatic carbocycles. The van der Waals surface area contributed by atoms with Gasteiger partial charge in [0.25, 0.3) is 0 Å². The monoisotopic (exact) mass is 981 g/mol. The van der Waals surface area contributed by atoms with E-state index in [1.54, 1.807) is 11.3 Å². The fraction of sp³-hybridized carbons (Fsp3) is 0.806. The molecule has 0 amide bonds. The fourth-order valence-corrected chi connectivity index (χ4v) is 10.9. The summed E-state index contributed by atoms with van der Waals surface area (Å²) >= 11 is 1.79. The van der Waals surface area contributed by atoms with Gasteiger partial charge in [-0.3, -0.25) is 0 Å². The Balaban J connectivity index is 2.32. The maximum Gasteiger partial charge on any atom is 0.209 e. The van der Waals surface area contributed by atoms with Crippen LogP contribution in [-0.4, -0.2) is 39.6 Å². The Bertz CT molecular complexity index is 1710. The number of benzene rings is 2. The molecule has 0 aliphatic heterocycles. The quantitative estimate of drug-likeness (QED) is 0.0526. The van der Waals surface area contributed by atoms with Crippen LogP contribution in [-0.2, 0) is 0 Å². The van der Waals surface area contributed by atoms with Crippen molar-refractivity contribution in [1.29, 1.82) is 0 Å². The molecule has 0 N–H and O–H groups in total. The van der Waals surface area contributed by atoms with Crippen molar-refractivity contribution in [3.8, 4) is 34.5 Å².